The lowest BCUT2D eigenvalue weighted by atomic mass is 9.84. The van der Waals surface area contributed by atoms with Gasteiger partial charge in [0.25, 0.3) is 0 Å². The summed E-state index contributed by atoms with van der Waals surface area (Å²) < 4.78 is 0. The third kappa shape index (κ3) is 2.48. The molecule has 0 radical (unpaired) electrons. The maximum absolute atomic E-state index is 11.9. The number of nitrogens with one attached hydrogen (secondary N) is 2. The first-order chi connectivity index (χ1) is 8.81. The van der Waals surface area contributed by atoms with Gasteiger partial charge in [-0.15, -0.1) is 0 Å². The minimum Gasteiger partial charge on any atom is -0.334 e. The smallest absolute Gasteiger partial charge is 0.319 e. The number of para-hydroxylation sites is 1. The zero-order chi connectivity index (χ0) is 12.4. The summed E-state index contributed by atoms with van der Waals surface area (Å²) in [4.78, 5) is 14.4. The number of hydrogen-bond donors (Lipinski definition) is 2. The first-order valence-corrected chi connectivity index (χ1v) is 6.66. The van der Waals surface area contributed by atoms with E-state index in [-0.39, 0.29) is 6.03 Å². The number of nitrogens with zero attached hydrogens (tertiary/aromatic N) is 1. The molecule has 4 nitrogen and oxygen atoms in total. The molecular weight excluding hydrogens is 226 g/mol. The van der Waals surface area contributed by atoms with E-state index in [1.165, 1.54) is 25.9 Å². The third-order valence-electron chi connectivity index (χ3n) is 4.00. The largest absolute Gasteiger partial charge is 0.334 e. The van der Waals surface area contributed by atoms with E-state index in [0.29, 0.717) is 12.0 Å². The monoisotopic (exact) mass is 245 g/mol. The van der Waals surface area contributed by atoms with Crippen molar-refractivity contribution in [2.24, 2.45) is 5.92 Å². The van der Waals surface area contributed by atoms with E-state index in [1.807, 2.05) is 30.3 Å². The van der Waals surface area contributed by atoms with Crippen LogP contribution in [0.25, 0.3) is 0 Å². The van der Waals surface area contributed by atoms with Crippen molar-refractivity contribution < 1.29 is 4.79 Å². The highest BCUT2D eigenvalue weighted by Gasteiger charge is 2.34. The normalized spacial score (nSPS) is 29.9. The summed E-state index contributed by atoms with van der Waals surface area (Å²) in [5.74, 6) is 0.663. The van der Waals surface area contributed by atoms with Crippen LogP contribution in [0.5, 0.6) is 0 Å². The topological polar surface area (TPSA) is 44.4 Å². The molecule has 2 bridgehead atoms. The lowest BCUT2D eigenvalue weighted by Gasteiger charge is -2.44. The van der Waals surface area contributed by atoms with E-state index < -0.39 is 0 Å². The second kappa shape index (κ2) is 4.98. The van der Waals surface area contributed by atoms with E-state index >= 15 is 0 Å². The van der Waals surface area contributed by atoms with Crippen LogP contribution in [-0.2, 0) is 0 Å². The number of urea groups is 1. The Hall–Kier alpha value is -1.55. The molecule has 0 spiro atoms. The summed E-state index contributed by atoms with van der Waals surface area (Å²) in [6.07, 6.45) is 2.44. The molecular formula is C14H19N3O. The molecule has 1 aromatic carbocycles. The summed E-state index contributed by atoms with van der Waals surface area (Å²) in [6, 6.07) is 9.81. The molecule has 3 heterocycles. The average molecular weight is 245 g/mol. The van der Waals surface area contributed by atoms with Crippen molar-refractivity contribution in [2.75, 3.05) is 25.0 Å². The molecule has 96 valence electrons. The Bertz CT molecular complexity index is 412. The van der Waals surface area contributed by atoms with Gasteiger partial charge >= 0.3 is 6.03 Å². The van der Waals surface area contributed by atoms with Crippen LogP contribution in [0.3, 0.4) is 0 Å². The standard InChI is InChI=1S/C14H19N3O/c18-14(15-12-4-2-1-3-5-12)16-13-10-17-8-6-11(13)7-9-17/h1-5,11,13H,6-10H2,(H2,15,16,18). The van der Waals surface area contributed by atoms with Gasteiger partial charge in [-0.3, -0.25) is 0 Å². The van der Waals surface area contributed by atoms with Gasteiger partial charge in [0.2, 0.25) is 0 Å². The van der Waals surface area contributed by atoms with Gasteiger partial charge in [0, 0.05) is 18.3 Å². The lowest BCUT2D eigenvalue weighted by molar-refractivity contribution is 0.0777. The third-order valence-corrected chi connectivity index (χ3v) is 4.00. The van der Waals surface area contributed by atoms with Crippen LogP contribution in [-0.4, -0.2) is 36.6 Å². The second-order valence-corrected chi connectivity index (χ2v) is 5.21. The van der Waals surface area contributed by atoms with Crippen molar-refractivity contribution in [3.8, 4) is 0 Å². The van der Waals surface area contributed by atoms with Crippen LogP contribution in [0, 0.1) is 5.92 Å². The van der Waals surface area contributed by atoms with Gasteiger partial charge in [0.15, 0.2) is 0 Å². The molecule has 3 aliphatic rings. The fourth-order valence-corrected chi connectivity index (χ4v) is 2.99. The van der Waals surface area contributed by atoms with Crippen molar-refractivity contribution >= 4 is 11.7 Å². The van der Waals surface area contributed by atoms with E-state index in [9.17, 15) is 4.79 Å². The van der Waals surface area contributed by atoms with Crippen LogP contribution < -0.4 is 10.6 Å². The first-order valence-electron chi connectivity index (χ1n) is 6.66. The van der Waals surface area contributed by atoms with Gasteiger partial charge in [-0.1, -0.05) is 18.2 Å². The molecule has 1 atom stereocenters. The van der Waals surface area contributed by atoms with Gasteiger partial charge in [-0.2, -0.15) is 0 Å². The SMILES string of the molecule is O=C(Nc1ccccc1)NC1CN2CCC1CC2. The van der Waals surface area contributed by atoms with Crippen molar-refractivity contribution in [3.63, 3.8) is 0 Å². The van der Waals surface area contributed by atoms with E-state index in [4.69, 9.17) is 0 Å². The maximum atomic E-state index is 11.9. The Morgan fingerprint density at radius 2 is 1.89 bits per heavy atom. The highest BCUT2D eigenvalue weighted by Crippen LogP contribution is 2.27. The number of rotatable bonds is 2. The molecule has 2 N–H and O–H groups in total. The molecule has 3 aliphatic heterocycles. The molecule has 18 heavy (non-hydrogen) atoms. The summed E-state index contributed by atoms with van der Waals surface area (Å²) in [5.41, 5.74) is 0.844. The Kier molecular flexibility index (Phi) is 3.19. The first kappa shape index (κ1) is 11.5. The van der Waals surface area contributed by atoms with E-state index in [1.54, 1.807) is 0 Å². The van der Waals surface area contributed by atoms with Crippen LogP contribution in [0.1, 0.15) is 12.8 Å². The van der Waals surface area contributed by atoms with Crippen molar-refractivity contribution in [1.82, 2.24) is 10.2 Å². The fraction of sp³-hybridized carbons (Fsp3) is 0.500. The average Bonchev–Trinajstić information content (AvgIpc) is 2.41. The predicted octanol–water partition coefficient (Wildman–Crippen LogP) is 1.90. The van der Waals surface area contributed by atoms with Gasteiger partial charge in [0.05, 0.1) is 0 Å². The minimum atomic E-state index is -0.0834. The van der Waals surface area contributed by atoms with Gasteiger partial charge < -0.3 is 15.5 Å². The Balaban J connectivity index is 1.55. The highest BCUT2D eigenvalue weighted by atomic mass is 16.2. The number of hydrogen-bond acceptors (Lipinski definition) is 2. The molecule has 0 saturated carbocycles. The van der Waals surface area contributed by atoms with E-state index in [2.05, 4.69) is 15.5 Å². The number of benzene rings is 1. The van der Waals surface area contributed by atoms with Crippen LogP contribution in [0.4, 0.5) is 10.5 Å². The molecule has 4 heteroatoms. The summed E-state index contributed by atoms with van der Waals surface area (Å²) in [6.45, 7) is 3.40. The van der Waals surface area contributed by atoms with Gasteiger partial charge in [-0.25, -0.2) is 4.79 Å². The molecule has 0 aromatic heterocycles. The number of anilines is 1. The van der Waals surface area contributed by atoms with Crippen molar-refractivity contribution in [1.29, 1.82) is 0 Å². The second-order valence-electron chi connectivity index (χ2n) is 5.21. The molecule has 4 rings (SSSR count). The number of amides is 2. The van der Waals surface area contributed by atoms with Gasteiger partial charge in [0.1, 0.15) is 0 Å². The molecule has 1 unspecified atom stereocenters. The van der Waals surface area contributed by atoms with Crippen molar-refractivity contribution in [2.45, 2.75) is 18.9 Å². The Morgan fingerprint density at radius 3 is 2.50 bits per heavy atom. The summed E-state index contributed by atoms with van der Waals surface area (Å²) in [7, 11) is 0. The minimum absolute atomic E-state index is 0.0834. The molecule has 1 aromatic rings. The fourth-order valence-electron chi connectivity index (χ4n) is 2.99. The number of carbonyl (C=O) groups excluding carboxylic acids is 1. The number of carbonyl (C=O) groups is 1. The number of fused-ring (bicyclic) bond motifs is 3. The van der Waals surface area contributed by atoms with Crippen molar-refractivity contribution in [3.05, 3.63) is 30.3 Å². The highest BCUT2D eigenvalue weighted by molar-refractivity contribution is 5.89. The zero-order valence-corrected chi connectivity index (χ0v) is 10.4. The van der Waals surface area contributed by atoms with Crippen LogP contribution >= 0.6 is 0 Å². The molecule has 3 fully saturated rings. The van der Waals surface area contributed by atoms with E-state index in [0.717, 1.165) is 12.2 Å². The predicted molar refractivity (Wildman–Crippen MR) is 71.5 cm³/mol. The zero-order valence-electron chi connectivity index (χ0n) is 10.4. The lowest BCUT2D eigenvalue weighted by Crippen LogP contribution is -2.57. The van der Waals surface area contributed by atoms with Crippen LogP contribution in [0.15, 0.2) is 30.3 Å². The molecule has 3 saturated heterocycles. The summed E-state index contributed by atoms with van der Waals surface area (Å²) in [5, 5.41) is 5.99. The number of piperidine rings is 3. The Labute approximate surface area is 107 Å². The Morgan fingerprint density at radius 1 is 1.17 bits per heavy atom. The summed E-state index contributed by atoms with van der Waals surface area (Å²) >= 11 is 0. The maximum Gasteiger partial charge on any atom is 0.319 e. The molecule has 2 amide bonds. The molecule has 0 aliphatic carbocycles. The van der Waals surface area contributed by atoms with Crippen LogP contribution in [0.2, 0.25) is 0 Å². The quantitative estimate of drug-likeness (QED) is 0.836. The van der Waals surface area contributed by atoms with Gasteiger partial charge in [-0.05, 0) is 44.0 Å².